The highest BCUT2D eigenvalue weighted by atomic mass is 19.4. The van der Waals surface area contributed by atoms with Crippen molar-refractivity contribution < 1.29 is 31.5 Å². The fourth-order valence-corrected chi connectivity index (χ4v) is 6.02. The zero-order valence-corrected chi connectivity index (χ0v) is 21.0. The fourth-order valence-electron chi connectivity index (χ4n) is 6.02. The number of halogens is 5. The lowest BCUT2D eigenvalue weighted by Gasteiger charge is -2.27. The Morgan fingerprint density at radius 3 is 2.41 bits per heavy atom. The van der Waals surface area contributed by atoms with Crippen molar-refractivity contribution in [2.24, 2.45) is 0 Å². The van der Waals surface area contributed by atoms with E-state index in [1.807, 2.05) is 0 Å². The summed E-state index contributed by atoms with van der Waals surface area (Å²) in [4.78, 5) is 25.2. The molecule has 39 heavy (non-hydrogen) atoms. The number of alkyl halides is 3. The van der Waals surface area contributed by atoms with Gasteiger partial charge in [-0.25, -0.2) is 18.7 Å². The second-order valence-corrected chi connectivity index (χ2v) is 10.6. The van der Waals surface area contributed by atoms with Gasteiger partial charge in [-0.05, 0) is 50.7 Å². The van der Waals surface area contributed by atoms with Gasteiger partial charge in [-0.1, -0.05) is 12.8 Å². The summed E-state index contributed by atoms with van der Waals surface area (Å²) in [5, 5.41) is 11.5. The number of fused-ring (bicyclic) bond motifs is 2. The van der Waals surface area contributed by atoms with Gasteiger partial charge < -0.3 is 15.0 Å². The molecule has 208 valence electrons. The van der Waals surface area contributed by atoms with Gasteiger partial charge >= 0.3 is 6.18 Å². The van der Waals surface area contributed by atoms with Crippen molar-refractivity contribution >= 4 is 29.3 Å². The molecule has 2 aliphatic carbocycles. The number of carbonyl (C=O) groups excluding carboxylic acids is 1. The first kappa shape index (κ1) is 25.8. The number of hydrogen-bond donors (Lipinski definition) is 2. The minimum atomic E-state index is -4.49. The predicted molar refractivity (Wildman–Crippen MR) is 131 cm³/mol. The molecule has 2 saturated carbocycles. The van der Waals surface area contributed by atoms with E-state index in [0.29, 0.717) is 30.3 Å². The molecule has 1 aromatic heterocycles. The van der Waals surface area contributed by atoms with Gasteiger partial charge in [-0.2, -0.15) is 13.2 Å². The first-order valence-corrected chi connectivity index (χ1v) is 13.1. The van der Waals surface area contributed by atoms with Crippen LogP contribution in [0.25, 0.3) is 0 Å². The summed E-state index contributed by atoms with van der Waals surface area (Å²) in [5.41, 5.74) is -0.392. The molecule has 0 radical (unpaired) electrons. The fraction of sp³-hybridized carbons (Fsp3) is 0.538. The van der Waals surface area contributed by atoms with Crippen LogP contribution in [0.1, 0.15) is 62.8 Å². The maximum atomic E-state index is 14.2. The van der Waals surface area contributed by atoms with Gasteiger partial charge in [0.1, 0.15) is 29.3 Å². The second-order valence-electron chi connectivity index (χ2n) is 10.6. The highest BCUT2D eigenvalue weighted by Gasteiger charge is 2.56. The Hall–Kier alpha value is -3.51. The van der Waals surface area contributed by atoms with Gasteiger partial charge in [0, 0.05) is 18.7 Å². The second kappa shape index (κ2) is 9.30. The van der Waals surface area contributed by atoms with Crippen LogP contribution >= 0.6 is 0 Å². The molecule has 0 bridgehead atoms. The topological polar surface area (TPSA) is 94.4 Å². The number of nitrogens with one attached hydrogen (secondary N) is 2. The van der Waals surface area contributed by atoms with Crippen LogP contribution in [-0.4, -0.2) is 51.6 Å². The van der Waals surface area contributed by atoms with Gasteiger partial charge in [0.25, 0.3) is 6.02 Å². The molecule has 1 atom stereocenters. The number of rotatable bonds is 5. The standard InChI is InChI=1S/C26H27F5N6O2/c27-14-10-15(28)12-17(11-14)37-22-20(25(23(37)38)7-1-2-8-25)21(33-16-5-6-16)34-19(35-22)13-39-24(32)36-9-3-4-18(36)26(29,30)31/h10-12,16,18,32H,1-9,13H2,(H,33,34,35)/t18-/m1/s1. The normalized spacial score (nSPS) is 22.1. The highest BCUT2D eigenvalue weighted by Crippen LogP contribution is 2.55. The lowest BCUT2D eigenvalue weighted by Crippen LogP contribution is -2.45. The molecule has 1 spiro atoms. The zero-order chi connectivity index (χ0) is 27.5. The van der Waals surface area contributed by atoms with Gasteiger partial charge in [-0.3, -0.25) is 15.1 Å². The van der Waals surface area contributed by atoms with E-state index >= 15 is 0 Å². The molecule has 2 aromatic rings. The maximum absolute atomic E-state index is 14.2. The molecular weight excluding hydrogens is 523 g/mol. The summed E-state index contributed by atoms with van der Waals surface area (Å²) in [6.07, 6.45) is 0.122. The van der Waals surface area contributed by atoms with E-state index in [1.54, 1.807) is 0 Å². The van der Waals surface area contributed by atoms with E-state index in [2.05, 4.69) is 15.3 Å². The number of aromatic nitrogens is 2. The predicted octanol–water partition coefficient (Wildman–Crippen LogP) is 5.30. The molecule has 8 nitrogen and oxygen atoms in total. The van der Waals surface area contributed by atoms with E-state index in [-0.39, 0.29) is 48.7 Å². The minimum absolute atomic E-state index is 0.0108. The summed E-state index contributed by atoms with van der Waals surface area (Å²) >= 11 is 0. The lowest BCUT2D eigenvalue weighted by atomic mass is 9.80. The van der Waals surface area contributed by atoms with E-state index in [0.717, 1.165) is 42.7 Å². The smallest absolute Gasteiger partial charge is 0.408 e. The number of likely N-dealkylation sites (tertiary alicyclic amines) is 1. The maximum Gasteiger partial charge on any atom is 0.408 e. The van der Waals surface area contributed by atoms with Crippen molar-refractivity contribution in [3.8, 4) is 0 Å². The third-order valence-corrected chi connectivity index (χ3v) is 7.95. The third kappa shape index (κ3) is 4.55. The molecule has 1 saturated heterocycles. The van der Waals surface area contributed by atoms with Crippen LogP contribution in [0.3, 0.4) is 0 Å². The Bertz CT molecular complexity index is 1300. The minimum Gasteiger partial charge on any atom is -0.457 e. The summed E-state index contributed by atoms with van der Waals surface area (Å²) in [7, 11) is 0. The molecule has 0 unspecified atom stereocenters. The van der Waals surface area contributed by atoms with E-state index in [4.69, 9.17) is 10.1 Å². The Morgan fingerprint density at radius 2 is 1.77 bits per heavy atom. The number of amides is 1. The molecule has 13 heteroatoms. The summed E-state index contributed by atoms with van der Waals surface area (Å²) in [5.74, 6) is -1.42. The van der Waals surface area contributed by atoms with E-state index in [9.17, 15) is 26.7 Å². The first-order chi connectivity index (χ1) is 18.6. The Labute approximate surface area is 221 Å². The van der Waals surface area contributed by atoms with Crippen LogP contribution in [0.15, 0.2) is 18.2 Å². The number of amidine groups is 1. The van der Waals surface area contributed by atoms with Crippen molar-refractivity contribution in [3.63, 3.8) is 0 Å². The van der Waals surface area contributed by atoms with Crippen molar-refractivity contribution in [3.05, 3.63) is 41.2 Å². The van der Waals surface area contributed by atoms with Gasteiger partial charge in [0.05, 0.1) is 16.7 Å². The van der Waals surface area contributed by atoms with Crippen LogP contribution < -0.4 is 10.2 Å². The summed E-state index contributed by atoms with van der Waals surface area (Å²) < 4.78 is 74.0. The van der Waals surface area contributed by atoms with Crippen molar-refractivity contribution in [2.45, 2.75) is 81.6 Å². The van der Waals surface area contributed by atoms with Gasteiger partial charge in [0.2, 0.25) is 5.91 Å². The average Bonchev–Trinajstić information content (AvgIpc) is 3.27. The monoisotopic (exact) mass is 550 g/mol. The molecule has 6 rings (SSSR count). The number of anilines is 3. The molecule has 4 aliphatic rings. The van der Waals surface area contributed by atoms with Crippen LogP contribution in [-0.2, 0) is 21.6 Å². The third-order valence-electron chi connectivity index (χ3n) is 7.95. The molecule has 3 heterocycles. The molecule has 2 N–H and O–H groups in total. The number of hydrogen-bond acceptors (Lipinski definition) is 6. The summed E-state index contributed by atoms with van der Waals surface area (Å²) in [6.45, 7) is -0.377. The van der Waals surface area contributed by atoms with Crippen LogP contribution in [0.4, 0.5) is 39.3 Å². The largest absolute Gasteiger partial charge is 0.457 e. The Morgan fingerprint density at radius 1 is 1.08 bits per heavy atom. The van der Waals surface area contributed by atoms with Crippen LogP contribution in [0.5, 0.6) is 0 Å². The number of nitrogens with zero attached hydrogens (tertiary/aromatic N) is 4. The Kier molecular flexibility index (Phi) is 6.14. The SMILES string of the molecule is N=C(OCc1nc(NC2CC2)c2c(n1)N(c1cc(F)cc(F)c1)C(=O)C21CCCC1)N1CCC[C@@H]1C(F)(F)F. The van der Waals surface area contributed by atoms with Crippen molar-refractivity contribution in [1.29, 1.82) is 5.41 Å². The van der Waals surface area contributed by atoms with Gasteiger partial charge in [0.15, 0.2) is 12.4 Å². The lowest BCUT2D eigenvalue weighted by molar-refractivity contribution is -0.169. The zero-order valence-electron chi connectivity index (χ0n) is 21.0. The van der Waals surface area contributed by atoms with Gasteiger partial charge in [-0.15, -0.1) is 0 Å². The molecule has 1 amide bonds. The number of ether oxygens (including phenoxy) is 1. The summed E-state index contributed by atoms with van der Waals surface area (Å²) in [6, 6.07) is 0.548. The van der Waals surface area contributed by atoms with Crippen LogP contribution in [0.2, 0.25) is 0 Å². The molecule has 2 aliphatic heterocycles. The quantitative estimate of drug-likeness (QED) is 0.298. The first-order valence-electron chi connectivity index (χ1n) is 13.1. The Balaban J connectivity index is 1.38. The molecule has 3 fully saturated rings. The average molecular weight is 551 g/mol. The number of carbonyl (C=O) groups is 1. The van der Waals surface area contributed by atoms with E-state index < -0.39 is 41.9 Å². The van der Waals surface area contributed by atoms with Crippen LogP contribution in [0, 0.1) is 17.0 Å². The van der Waals surface area contributed by atoms with Crippen molar-refractivity contribution in [2.75, 3.05) is 16.8 Å². The number of benzene rings is 1. The van der Waals surface area contributed by atoms with E-state index in [1.165, 1.54) is 4.90 Å². The van der Waals surface area contributed by atoms with Crippen molar-refractivity contribution in [1.82, 2.24) is 14.9 Å². The highest BCUT2D eigenvalue weighted by molar-refractivity contribution is 6.13. The molecular formula is C26H27F5N6O2. The molecule has 1 aromatic carbocycles.